The van der Waals surface area contributed by atoms with Gasteiger partial charge in [0.1, 0.15) is 0 Å². The van der Waals surface area contributed by atoms with Crippen molar-refractivity contribution in [2.75, 3.05) is 17.7 Å². The number of amides is 1. The van der Waals surface area contributed by atoms with E-state index in [9.17, 15) is 4.79 Å². The largest absolute Gasteiger partial charge is 0.397 e. The SMILES string of the molecule is CCC(CO)Nc1ccc(C(N)=O)cc1N. The molecule has 0 fully saturated rings. The molecule has 0 bridgehead atoms. The van der Waals surface area contributed by atoms with Gasteiger partial charge in [-0.3, -0.25) is 4.79 Å². The summed E-state index contributed by atoms with van der Waals surface area (Å²) in [6.07, 6.45) is 0.785. The molecule has 5 heteroatoms. The van der Waals surface area contributed by atoms with Gasteiger partial charge in [0, 0.05) is 11.6 Å². The number of rotatable bonds is 5. The van der Waals surface area contributed by atoms with Crippen LogP contribution in [-0.2, 0) is 0 Å². The number of primary amides is 1. The molecule has 16 heavy (non-hydrogen) atoms. The molecule has 1 rings (SSSR count). The topological polar surface area (TPSA) is 101 Å². The molecule has 1 amide bonds. The smallest absolute Gasteiger partial charge is 0.248 e. The molecular weight excluding hydrogens is 206 g/mol. The zero-order valence-corrected chi connectivity index (χ0v) is 9.23. The summed E-state index contributed by atoms with van der Waals surface area (Å²) in [5.41, 5.74) is 12.4. The first-order valence-corrected chi connectivity index (χ1v) is 5.15. The van der Waals surface area contributed by atoms with Crippen LogP contribution in [0.5, 0.6) is 0 Å². The van der Waals surface area contributed by atoms with Crippen LogP contribution in [0.15, 0.2) is 18.2 Å². The maximum atomic E-state index is 10.9. The minimum Gasteiger partial charge on any atom is -0.397 e. The highest BCUT2D eigenvalue weighted by Crippen LogP contribution is 2.20. The number of anilines is 2. The summed E-state index contributed by atoms with van der Waals surface area (Å²) in [6.45, 7) is 2.00. The van der Waals surface area contributed by atoms with Gasteiger partial charge in [0.15, 0.2) is 0 Å². The predicted octanol–water partition coefficient (Wildman–Crippen LogP) is 0.550. The van der Waals surface area contributed by atoms with Crippen LogP contribution in [0.2, 0.25) is 0 Å². The van der Waals surface area contributed by atoms with Crippen LogP contribution in [0.25, 0.3) is 0 Å². The van der Waals surface area contributed by atoms with E-state index in [-0.39, 0.29) is 12.6 Å². The molecule has 0 radical (unpaired) electrons. The lowest BCUT2D eigenvalue weighted by molar-refractivity contribution is 0.100. The molecule has 5 nitrogen and oxygen atoms in total. The maximum Gasteiger partial charge on any atom is 0.248 e. The lowest BCUT2D eigenvalue weighted by atomic mass is 10.1. The van der Waals surface area contributed by atoms with Crippen molar-refractivity contribution in [3.8, 4) is 0 Å². The fourth-order valence-corrected chi connectivity index (χ4v) is 1.34. The normalized spacial score (nSPS) is 12.1. The third-order valence-electron chi connectivity index (χ3n) is 2.41. The minimum absolute atomic E-state index is 0.0352. The third-order valence-corrected chi connectivity index (χ3v) is 2.41. The van der Waals surface area contributed by atoms with Gasteiger partial charge in [0.05, 0.1) is 18.0 Å². The fraction of sp³-hybridized carbons (Fsp3) is 0.364. The summed E-state index contributed by atoms with van der Waals surface area (Å²) >= 11 is 0. The van der Waals surface area contributed by atoms with Crippen LogP contribution in [0, 0.1) is 0 Å². The number of hydrogen-bond donors (Lipinski definition) is 4. The number of nitrogen functional groups attached to an aromatic ring is 1. The molecule has 1 aromatic carbocycles. The Morgan fingerprint density at radius 1 is 1.56 bits per heavy atom. The number of carbonyl (C=O) groups excluding carboxylic acids is 1. The Hall–Kier alpha value is -1.75. The number of aliphatic hydroxyl groups excluding tert-OH is 1. The summed E-state index contributed by atoms with van der Waals surface area (Å²) in [4.78, 5) is 10.9. The second kappa shape index (κ2) is 5.37. The number of benzene rings is 1. The summed E-state index contributed by atoms with van der Waals surface area (Å²) in [7, 11) is 0. The highest BCUT2D eigenvalue weighted by Gasteiger charge is 2.08. The van der Waals surface area contributed by atoms with Crippen molar-refractivity contribution < 1.29 is 9.90 Å². The van der Waals surface area contributed by atoms with E-state index in [2.05, 4.69) is 5.32 Å². The van der Waals surface area contributed by atoms with Crippen molar-refractivity contribution in [3.05, 3.63) is 23.8 Å². The second-order valence-electron chi connectivity index (χ2n) is 3.60. The van der Waals surface area contributed by atoms with E-state index in [0.29, 0.717) is 16.9 Å². The fourth-order valence-electron chi connectivity index (χ4n) is 1.34. The zero-order chi connectivity index (χ0) is 12.1. The first-order chi connectivity index (χ1) is 7.58. The van der Waals surface area contributed by atoms with Gasteiger partial charge in [-0.1, -0.05) is 6.92 Å². The number of aliphatic hydroxyl groups is 1. The van der Waals surface area contributed by atoms with E-state index in [1.54, 1.807) is 12.1 Å². The second-order valence-corrected chi connectivity index (χ2v) is 3.60. The Morgan fingerprint density at radius 3 is 2.69 bits per heavy atom. The number of carbonyl (C=O) groups is 1. The highest BCUT2D eigenvalue weighted by atomic mass is 16.3. The van der Waals surface area contributed by atoms with E-state index in [0.717, 1.165) is 6.42 Å². The number of nitrogens with one attached hydrogen (secondary N) is 1. The van der Waals surface area contributed by atoms with Crippen LogP contribution in [0.1, 0.15) is 23.7 Å². The van der Waals surface area contributed by atoms with Crippen LogP contribution < -0.4 is 16.8 Å². The average molecular weight is 223 g/mol. The number of hydrogen-bond acceptors (Lipinski definition) is 4. The monoisotopic (exact) mass is 223 g/mol. The first kappa shape index (κ1) is 12.3. The minimum atomic E-state index is -0.507. The van der Waals surface area contributed by atoms with E-state index in [1.807, 2.05) is 6.92 Å². The molecule has 0 saturated carbocycles. The average Bonchev–Trinajstić information content (AvgIpc) is 2.27. The molecule has 0 saturated heterocycles. The molecule has 6 N–H and O–H groups in total. The molecule has 88 valence electrons. The van der Waals surface area contributed by atoms with Gasteiger partial charge in [0.25, 0.3) is 0 Å². The van der Waals surface area contributed by atoms with Gasteiger partial charge >= 0.3 is 0 Å². The van der Waals surface area contributed by atoms with Gasteiger partial charge in [-0.25, -0.2) is 0 Å². The molecule has 0 aliphatic rings. The van der Waals surface area contributed by atoms with Crippen molar-refractivity contribution in [1.82, 2.24) is 0 Å². The van der Waals surface area contributed by atoms with Crippen LogP contribution in [0.4, 0.5) is 11.4 Å². The van der Waals surface area contributed by atoms with E-state index in [4.69, 9.17) is 16.6 Å². The van der Waals surface area contributed by atoms with Crippen molar-refractivity contribution in [3.63, 3.8) is 0 Å². The predicted molar refractivity (Wildman–Crippen MR) is 64.2 cm³/mol. The summed E-state index contributed by atoms with van der Waals surface area (Å²) in [6, 6.07) is 4.77. The van der Waals surface area contributed by atoms with Crippen LogP contribution in [0.3, 0.4) is 0 Å². The van der Waals surface area contributed by atoms with Crippen molar-refractivity contribution in [2.24, 2.45) is 5.73 Å². The van der Waals surface area contributed by atoms with Gasteiger partial charge in [-0.2, -0.15) is 0 Å². The Balaban J connectivity index is 2.86. The Bertz CT molecular complexity index is 375. The van der Waals surface area contributed by atoms with Gasteiger partial charge < -0.3 is 21.9 Å². The molecule has 1 atom stereocenters. The molecule has 1 unspecified atom stereocenters. The Labute approximate surface area is 94.4 Å². The van der Waals surface area contributed by atoms with Crippen LogP contribution in [-0.4, -0.2) is 23.7 Å². The molecule has 0 aliphatic heterocycles. The molecular formula is C11H17N3O2. The molecule has 1 aromatic rings. The van der Waals surface area contributed by atoms with Crippen LogP contribution >= 0.6 is 0 Å². The Morgan fingerprint density at radius 2 is 2.25 bits per heavy atom. The molecule has 0 aromatic heterocycles. The first-order valence-electron chi connectivity index (χ1n) is 5.15. The highest BCUT2D eigenvalue weighted by molar-refractivity contribution is 5.94. The summed E-state index contributed by atoms with van der Waals surface area (Å²) < 4.78 is 0. The lowest BCUT2D eigenvalue weighted by Crippen LogP contribution is -2.23. The standard InChI is InChI=1S/C11H17N3O2/c1-2-8(6-15)14-10-4-3-7(11(13)16)5-9(10)12/h3-5,8,14-15H,2,6,12H2,1H3,(H2,13,16). The van der Waals surface area contributed by atoms with Gasteiger partial charge in [-0.15, -0.1) is 0 Å². The van der Waals surface area contributed by atoms with Crippen molar-refractivity contribution >= 4 is 17.3 Å². The van der Waals surface area contributed by atoms with E-state index in [1.165, 1.54) is 6.07 Å². The van der Waals surface area contributed by atoms with Crippen molar-refractivity contribution in [1.29, 1.82) is 0 Å². The maximum absolute atomic E-state index is 10.9. The summed E-state index contributed by atoms with van der Waals surface area (Å²) in [5, 5.41) is 12.1. The zero-order valence-electron chi connectivity index (χ0n) is 9.23. The molecule has 0 heterocycles. The summed E-state index contributed by atoms with van der Waals surface area (Å²) in [5.74, 6) is -0.507. The quantitative estimate of drug-likeness (QED) is 0.547. The third kappa shape index (κ3) is 2.87. The van der Waals surface area contributed by atoms with Crippen molar-refractivity contribution in [2.45, 2.75) is 19.4 Å². The van der Waals surface area contributed by atoms with E-state index < -0.39 is 5.91 Å². The van der Waals surface area contributed by atoms with Gasteiger partial charge in [-0.05, 0) is 24.6 Å². The molecule has 0 aliphatic carbocycles. The Kier molecular flexibility index (Phi) is 4.13. The number of nitrogens with two attached hydrogens (primary N) is 2. The lowest BCUT2D eigenvalue weighted by Gasteiger charge is -2.17. The molecule has 0 spiro atoms. The van der Waals surface area contributed by atoms with E-state index >= 15 is 0 Å². The van der Waals surface area contributed by atoms with Gasteiger partial charge in [0.2, 0.25) is 5.91 Å².